The summed E-state index contributed by atoms with van der Waals surface area (Å²) in [6, 6.07) is 0. The quantitative estimate of drug-likeness (QED) is 0.625. The molecule has 0 aliphatic rings. The van der Waals surface area contributed by atoms with Crippen LogP contribution in [-0.2, 0) is 0 Å². The van der Waals surface area contributed by atoms with Gasteiger partial charge in [-0.1, -0.05) is 0 Å². The maximum absolute atomic E-state index is 2.53. The van der Waals surface area contributed by atoms with Crippen LogP contribution in [0.3, 0.4) is 0 Å². The van der Waals surface area contributed by atoms with E-state index in [4.69, 9.17) is 0 Å². The second-order valence-corrected chi connectivity index (χ2v) is 18.0. The van der Waals surface area contributed by atoms with Gasteiger partial charge in [-0.3, -0.25) is 0 Å². The molecule has 0 saturated heterocycles. The van der Waals surface area contributed by atoms with E-state index < -0.39 is 19.8 Å². The molecule has 0 aromatic heterocycles. The Morgan fingerprint density at radius 3 is 1.73 bits per heavy atom. The summed E-state index contributed by atoms with van der Waals surface area (Å²) in [6.45, 7) is 17.4. The number of hydrogen-bond acceptors (Lipinski definition) is 0. The van der Waals surface area contributed by atoms with E-state index in [9.17, 15) is 0 Å². The first-order valence-electron chi connectivity index (χ1n) is 6.13. The van der Waals surface area contributed by atoms with Crippen molar-refractivity contribution in [3.05, 3.63) is 0 Å². The van der Waals surface area contributed by atoms with Crippen molar-refractivity contribution in [3.63, 3.8) is 0 Å². The summed E-state index contributed by atoms with van der Waals surface area (Å²) in [7, 11) is -0.226. The van der Waals surface area contributed by atoms with Crippen molar-refractivity contribution in [2.24, 2.45) is 11.3 Å². The van der Waals surface area contributed by atoms with E-state index in [-0.39, 0.29) is 8.80 Å². The van der Waals surface area contributed by atoms with Crippen molar-refractivity contribution < 1.29 is 0 Å². The van der Waals surface area contributed by atoms with Gasteiger partial charge in [0.05, 0.1) is 0 Å². The fourth-order valence-corrected chi connectivity index (χ4v) is 8.61. The van der Waals surface area contributed by atoms with E-state index in [1.54, 1.807) is 4.44 Å². The zero-order chi connectivity index (χ0) is 12.4. The van der Waals surface area contributed by atoms with Crippen LogP contribution in [0.4, 0.5) is 0 Å². The molecule has 0 bridgehead atoms. The minimum atomic E-state index is -0.936. The van der Waals surface area contributed by atoms with Crippen molar-refractivity contribution in [3.8, 4) is 0 Å². The molecule has 0 N–H and O–H groups in total. The summed E-state index contributed by atoms with van der Waals surface area (Å²) >= 11 is -0.936. The zero-order valence-electron chi connectivity index (χ0n) is 12.3. The Balaban J connectivity index is 4.79. The van der Waals surface area contributed by atoms with E-state index in [2.05, 4.69) is 57.6 Å². The number of rotatable bonds is 5. The zero-order valence-corrected chi connectivity index (χ0v) is 16.1. The van der Waals surface area contributed by atoms with Gasteiger partial charge in [0, 0.05) is 0 Å². The van der Waals surface area contributed by atoms with Crippen molar-refractivity contribution in [1.29, 1.82) is 0 Å². The Bertz CT molecular complexity index is 195. The van der Waals surface area contributed by atoms with Gasteiger partial charge in [-0.05, 0) is 0 Å². The minimum absolute atomic E-state index is 0.226. The molecule has 0 aromatic rings. The first kappa shape index (κ1) is 16.0. The second-order valence-electron chi connectivity index (χ2n) is 6.66. The third-order valence-electron chi connectivity index (χ3n) is 4.81. The van der Waals surface area contributed by atoms with Gasteiger partial charge >= 0.3 is 107 Å². The fourth-order valence-electron chi connectivity index (χ4n) is 2.13. The van der Waals surface area contributed by atoms with Crippen LogP contribution in [0.15, 0.2) is 0 Å². The average Bonchev–Trinajstić information content (AvgIpc) is 2.01. The Morgan fingerprint density at radius 2 is 1.47 bits per heavy atom. The molecule has 2 radical (unpaired) electrons. The van der Waals surface area contributed by atoms with Gasteiger partial charge in [-0.2, -0.15) is 0 Å². The van der Waals surface area contributed by atoms with Crippen LogP contribution in [-0.4, -0.2) is 28.6 Å². The van der Waals surface area contributed by atoms with Gasteiger partial charge in [0.15, 0.2) is 0 Å². The van der Waals surface area contributed by atoms with E-state index in [0.29, 0.717) is 10.5 Å². The first-order valence-corrected chi connectivity index (χ1v) is 16.4. The molecule has 0 saturated carbocycles. The average molecular weight is 333 g/mol. The third kappa shape index (κ3) is 3.76. The molecule has 0 aromatic carbocycles. The van der Waals surface area contributed by atoms with E-state index in [1.807, 2.05) is 0 Å². The van der Waals surface area contributed by atoms with Crippen LogP contribution >= 0.6 is 0 Å². The van der Waals surface area contributed by atoms with E-state index >= 15 is 0 Å². The molecule has 1 atom stereocenters. The summed E-state index contributed by atoms with van der Waals surface area (Å²) in [6.07, 6.45) is 0. The predicted molar refractivity (Wildman–Crippen MR) is 76.8 cm³/mol. The summed E-state index contributed by atoms with van der Waals surface area (Å²) in [5.74, 6) is 0.900. The van der Waals surface area contributed by atoms with Gasteiger partial charge in [0.1, 0.15) is 0 Å². The normalized spacial score (nSPS) is 16.2. The van der Waals surface area contributed by atoms with Crippen molar-refractivity contribution in [2.45, 2.75) is 67.1 Å². The molecular weight excluding hydrogens is 303 g/mol. The molecule has 0 aliphatic carbocycles. The monoisotopic (exact) mass is 334 g/mol. The summed E-state index contributed by atoms with van der Waals surface area (Å²) < 4.78 is 1.55. The van der Waals surface area contributed by atoms with Crippen LogP contribution in [0.25, 0.3) is 0 Å². The molecular formula is C13H30SiSn. The molecule has 0 aliphatic heterocycles. The van der Waals surface area contributed by atoms with Gasteiger partial charge in [0.25, 0.3) is 0 Å². The summed E-state index contributed by atoms with van der Waals surface area (Å²) in [4.78, 5) is 5.07. The molecule has 0 nitrogen and oxygen atoms in total. The topological polar surface area (TPSA) is 0 Å². The summed E-state index contributed by atoms with van der Waals surface area (Å²) in [5, 5.41) is 0.537. The van der Waals surface area contributed by atoms with Gasteiger partial charge in [-0.15, -0.1) is 0 Å². The second kappa shape index (κ2) is 5.57. The Hall–Kier alpha value is 1.02. The molecule has 0 fully saturated rings. The van der Waals surface area contributed by atoms with Crippen molar-refractivity contribution in [2.75, 3.05) is 0 Å². The fraction of sp³-hybridized carbons (Fsp3) is 1.00. The van der Waals surface area contributed by atoms with Crippen LogP contribution in [0, 0.1) is 11.3 Å². The third-order valence-corrected chi connectivity index (χ3v) is 12.0. The van der Waals surface area contributed by atoms with Crippen molar-refractivity contribution >= 4 is 28.6 Å². The van der Waals surface area contributed by atoms with Gasteiger partial charge in [0.2, 0.25) is 0 Å². The standard InChI is InChI=1S/C11H24Si.2CH3.Sn/c1-9(2)10(3,4)11(5,6)12(7)8;;;/h9H,1H2,2-8H3;2*1H3;. The Labute approximate surface area is 107 Å². The molecule has 1 unspecified atom stereocenters. The maximum atomic E-state index is 2.53. The molecule has 90 valence electrons. The van der Waals surface area contributed by atoms with Gasteiger partial charge in [-0.25, -0.2) is 0 Å². The van der Waals surface area contributed by atoms with Crippen LogP contribution in [0.5, 0.6) is 0 Å². The summed E-state index contributed by atoms with van der Waals surface area (Å²) in [5.41, 5.74) is 0.503. The molecule has 0 spiro atoms. The van der Waals surface area contributed by atoms with E-state index in [1.165, 1.54) is 0 Å². The Morgan fingerprint density at radius 1 is 1.07 bits per heavy atom. The SMILES string of the molecule is CC([CH2][Sn]([CH3])[CH3])C(C)(C)C(C)(C)[Si](C)C. The van der Waals surface area contributed by atoms with E-state index in [0.717, 1.165) is 5.92 Å². The predicted octanol–water partition coefficient (Wildman–Crippen LogP) is 4.94. The van der Waals surface area contributed by atoms with Crippen LogP contribution in [0.2, 0.25) is 32.4 Å². The molecule has 0 heterocycles. The van der Waals surface area contributed by atoms with Crippen molar-refractivity contribution in [1.82, 2.24) is 0 Å². The molecule has 15 heavy (non-hydrogen) atoms. The molecule has 0 amide bonds. The number of hydrogen-bond donors (Lipinski definition) is 0. The van der Waals surface area contributed by atoms with Gasteiger partial charge < -0.3 is 0 Å². The first-order chi connectivity index (χ1) is 6.53. The van der Waals surface area contributed by atoms with Crippen LogP contribution < -0.4 is 0 Å². The molecule has 0 rings (SSSR count). The van der Waals surface area contributed by atoms with Crippen LogP contribution in [0.1, 0.15) is 34.6 Å². The Kier molecular flexibility index (Phi) is 5.95. The molecule has 2 heteroatoms.